The van der Waals surface area contributed by atoms with E-state index in [0.717, 1.165) is 9.35 Å². The summed E-state index contributed by atoms with van der Waals surface area (Å²) in [4.78, 5) is 24.3. The molecule has 1 rings (SSSR count). The molecule has 15 heavy (non-hydrogen) atoms. The van der Waals surface area contributed by atoms with E-state index in [2.05, 4.69) is 15.9 Å². The highest BCUT2D eigenvalue weighted by Crippen LogP contribution is 2.27. The molecule has 4 nitrogen and oxygen atoms in total. The van der Waals surface area contributed by atoms with Gasteiger partial charge in [0.25, 0.3) is 5.91 Å². The van der Waals surface area contributed by atoms with E-state index in [0.29, 0.717) is 4.88 Å². The maximum atomic E-state index is 11.8. The Hall–Kier alpha value is -0.880. The van der Waals surface area contributed by atoms with Gasteiger partial charge in [-0.25, -0.2) is 0 Å². The summed E-state index contributed by atoms with van der Waals surface area (Å²) in [5.41, 5.74) is 6.02. The number of nitrogens with two attached hydrogens (primary N) is 1. The third-order valence-electron chi connectivity index (χ3n) is 1.81. The fourth-order valence-corrected chi connectivity index (χ4v) is 2.59. The Morgan fingerprint density at radius 3 is 2.60 bits per heavy atom. The van der Waals surface area contributed by atoms with Crippen LogP contribution in [0.1, 0.15) is 15.2 Å². The van der Waals surface area contributed by atoms with Gasteiger partial charge in [-0.05, 0) is 34.5 Å². The van der Waals surface area contributed by atoms with Gasteiger partial charge in [-0.1, -0.05) is 0 Å². The normalized spacial score (nSPS) is 10.1. The van der Waals surface area contributed by atoms with Crippen LogP contribution < -0.4 is 5.73 Å². The summed E-state index contributed by atoms with van der Waals surface area (Å²) in [5.74, 6) is -0.703. The van der Waals surface area contributed by atoms with Crippen LogP contribution in [-0.2, 0) is 4.79 Å². The topological polar surface area (TPSA) is 63.4 Å². The second-order valence-electron chi connectivity index (χ2n) is 3.19. The third-order valence-corrected chi connectivity index (χ3v) is 3.93. The van der Waals surface area contributed by atoms with Crippen molar-refractivity contribution in [1.82, 2.24) is 4.90 Å². The van der Waals surface area contributed by atoms with Crippen LogP contribution in [0.15, 0.2) is 9.85 Å². The minimum Gasteiger partial charge on any atom is -0.368 e. The number of hydrogen-bond donors (Lipinski definition) is 1. The molecule has 0 fully saturated rings. The second kappa shape index (κ2) is 4.76. The minimum atomic E-state index is -0.516. The molecule has 0 saturated heterocycles. The van der Waals surface area contributed by atoms with Crippen LogP contribution in [0.25, 0.3) is 0 Å². The molecule has 0 bridgehead atoms. The first-order valence-electron chi connectivity index (χ1n) is 4.21. The van der Waals surface area contributed by atoms with Crippen LogP contribution in [0.2, 0.25) is 0 Å². The van der Waals surface area contributed by atoms with Crippen LogP contribution in [0.5, 0.6) is 0 Å². The lowest BCUT2D eigenvalue weighted by Gasteiger charge is -2.13. The first-order chi connectivity index (χ1) is 6.91. The van der Waals surface area contributed by atoms with Gasteiger partial charge in [-0.3, -0.25) is 9.59 Å². The number of aryl methyl sites for hydroxylation is 1. The highest BCUT2D eigenvalue weighted by atomic mass is 79.9. The summed E-state index contributed by atoms with van der Waals surface area (Å²) in [5, 5.41) is 0. The van der Waals surface area contributed by atoms with E-state index in [-0.39, 0.29) is 12.5 Å². The van der Waals surface area contributed by atoms with Gasteiger partial charge in [0.1, 0.15) is 0 Å². The molecule has 2 N–H and O–H groups in total. The number of primary amides is 1. The monoisotopic (exact) mass is 290 g/mol. The van der Waals surface area contributed by atoms with Crippen LogP contribution in [0.4, 0.5) is 0 Å². The van der Waals surface area contributed by atoms with E-state index < -0.39 is 5.91 Å². The van der Waals surface area contributed by atoms with E-state index >= 15 is 0 Å². The zero-order chi connectivity index (χ0) is 11.6. The predicted molar refractivity (Wildman–Crippen MR) is 62.9 cm³/mol. The summed E-state index contributed by atoms with van der Waals surface area (Å²) >= 11 is 4.69. The van der Waals surface area contributed by atoms with E-state index in [1.807, 2.05) is 6.92 Å². The Morgan fingerprint density at radius 2 is 2.20 bits per heavy atom. The Morgan fingerprint density at radius 1 is 1.60 bits per heavy atom. The van der Waals surface area contributed by atoms with E-state index in [1.165, 1.54) is 16.2 Å². The lowest BCUT2D eigenvalue weighted by Crippen LogP contribution is -2.34. The number of halogens is 1. The molecule has 1 aromatic heterocycles. The fourth-order valence-electron chi connectivity index (χ4n) is 1.06. The lowest BCUT2D eigenvalue weighted by atomic mass is 10.3. The summed E-state index contributed by atoms with van der Waals surface area (Å²) in [6, 6.07) is 1.79. The van der Waals surface area contributed by atoms with Crippen molar-refractivity contribution >= 4 is 39.1 Å². The molecule has 0 aliphatic carbocycles. The first kappa shape index (κ1) is 12.2. The van der Waals surface area contributed by atoms with E-state index in [1.54, 1.807) is 13.1 Å². The first-order valence-corrected chi connectivity index (χ1v) is 5.82. The lowest BCUT2D eigenvalue weighted by molar-refractivity contribution is -0.118. The molecule has 0 atom stereocenters. The molecular weight excluding hydrogens is 280 g/mol. The molecule has 0 radical (unpaired) electrons. The SMILES string of the molecule is Cc1cc(C(=O)N(C)CC(N)=O)sc1Br. The number of thiophene rings is 1. The standard InChI is InChI=1S/C9H11BrN2O2S/c1-5-3-6(15-8(5)10)9(14)12(2)4-7(11)13/h3H,4H2,1-2H3,(H2,11,13). The average Bonchev–Trinajstić information content (AvgIpc) is 2.44. The maximum absolute atomic E-state index is 11.8. The number of nitrogens with zero attached hydrogens (tertiary/aromatic N) is 1. The van der Waals surface area contributed by atoms with Crippen molar-refractivity contribution < 1.29 is 9.59 Å². The molecule has 0 aliphatic heterocycles. The summed E-state index contributed by atoms with van der Waals surface area (Å²) in [7, 11) is 1.55. The molecule has 0 aromatic carbocycles. The van der Waals surface area contributed by atoms with Gasteiger partial charge in [-0.2, -0.15) is 0 Å². The smallest absolute Gasteiger partial charge is 0.264 e. The van der Waals surface area contributed by atoms with E-state index in [9.17, 15) is 9.59 Å². The van der Waals surface area contributed by atoms with Crippen molar-refractivity contribution in [1.29, 1.82) is 0 Å². The van der Waals surface area contributed by atoms with Crippen LogP contribution in [0.3, 0.4) is 0 Å². The summed E-state index contributed by atoms with van der Waals surface area (Å²) in [6.07, 6.45) is 0. The number of amides is 2. The van der Waals surface area contributed by atoms with E-state index in [4.69, 9.17) is 5.73 Å². The van der Waals surface area contributed by atoms with Crippen molar-refractivity contribution in [2.24, 2.45) is 5.73 Å². The van der Waals surface area contributed by atoms with Crippen molar-refractivity contribution in [3.8, 4) is 0 Å². The Kier molecular flexibility index (Phi) is 3.87. The maximum Gasteiger partial charge on any atom is 0.264 e. The van der Waals surface area contributed by atoms with Gasteiger partial charge in [0, 0.05) is 7.05 Å². The molecule has 2 amide bonds. The van der Waals surface area contributed by atoms with Crippen LogP contribution in [-0.4, -0.2) is 30.3 Å². The highest BCUT2D eigenvalue weighted by Gasteiger charge is 2.16. The van der Waals surface area contributed by atoms with Crippen LogP contribution >= 0.6 is 27.3 Å². The zero-order valence-electron chi connectivity index (χ0n) is 8.41. The van der Waals surface area contributed by atoms with Gasteiger partial charge in [-0.15, -0.1) is 11.3 Å². The predicted octanol–water partition coefficient (Wildman–Crippen LogP) is 1.38. The molecule has 0 aliphatic rings. The number of carbonyl (C=O) groups excluding carboxylic acids is 2. The molecular formula is C9H11BrN2O2S. The zero-order valence-corrected chi connectivity index (χ0v) is 10.8. The van der Waals surface area contributed by atoms with Gasteiger partial charge in [0.15, 0.2) is 0 Å². The largest absolute Gasteiger partial charge is 0.368 e. The van der Waals surface area contributed by atoms with Gasteiger partial charge < -0.3 is 10.6 Å². The molecule has 0 unspecified atom stereocenters. The molecule has 1 heterocycles. The van der Waals surface area contributed by atoms with Crippen molar-refractivity contribution in [2.45, 2.75) is 6.92 Å². The molecule has 0 spiro atoms. The Bertz CT molecular complexity index is 383. The number of rotatable bonds is 3. The fraction of sp³-hybridized carbons (Fsp3) is 0.333. The van der Waals surface area contributed by atoms with Gasteiger partial charge >= 0.3 is 0 Å². The Balaban J connectivity index is 2.80. The Labute approximate surface area is 100 Å². The molecule has 82 valence electrons. The van der Waals surface area contributed by atoms with Gasteiger partial charge in [0.2, 0.25) is 5.91 Å². The quantitative estimate of drug-likeness (QED) is 0.914. The second-order valence-corrected chi connectivity index (χ2v) is 5.56. The van der Waals surface area contributed by atoms with Crippen LogP contribution in [0, 0.1) is 6.92 Å². The summed E-state index contributed by atoms with van der Waals surface area (Å²) in [6.45, 7) is 1.85. The minimum absolute atomic E-state index is 0.0621. The molecule has 0 saturated carbocycles. The number of carbonyl (C=O) groups is 2. The third kappa shape index (κ3) is 3.04. The average molecular weight is 291 g/mol. The van der Waals surface area contributed by atoms with Gasteiger partial charge in [0.05, 0.1) is 15.2 Å². The summed E-state index contributed by atoms with van der Waals surface area (Å²) < 4.78 is 0.929. The van der Waals surface area contributed by atoms with Crippen molar-refractivity contribution in [2.75, 3.05) is 13.6 Å². The molecule has 6 heteroatoms. The van der Waals surface area contributed by atoms with Crippen molar-refractivity contribution in [3.63, 3.8) is 0 Å². The highest BCUT2D eigenvalue weighted by molar-refractivity contribution is 9.11. The molecule has 1 aromatic rings. The number of hydrogen-bond acceptors (Lipinski definition) is 3. The van der Waals surface area contributed by atoms with Crippen molar-refractivity contribution in [3.05, 3.63) is 20.3 Å². The number of likely N-dealkylation sites (N-methyl/N-ethyl adjacent to an activating group) is 1.